The van der Waals surface area contributed by atoms with E-state index in [9.17, 15) is 5.26 Å². The number of hydrogen-bond donors (Lipinski definition) is 1. The predicted molar refractivity (Wildman–Crippen MR) is 129 cm³/mol. The standard InChI is InChI=1S/C25H25N7O2/c1-14-8-18-10-27-24(31-22(18)23(28-14)32-12-25(4,11-26)13-32)30-19-7-6-17(9-20(19)33-5)21-15(2)34-16(3)29-21/h6-10H,12-13H2,1-5H3,(H,27,30,31). The van der Waals surface area contributed by atoms with Crippen LogP contribution in [0.5, 0.6) is 5.75 Å². The number of aryl methyl sites for hydroxylation is 3. The molecule has 4 heterocycles. The van der Waals surface area contributed by atoms with Crippen molar-refractivity contribution in [3.8, 4) is 23.1 Å². The van der Waals surface area contributed by atoms with Crippen LogP contribution in [0.25, 0.3) is 22.2 Å². The minimum Gasteiger partial charge on any atom is -0.495 e. The van der Waals surface area contributed by atoms with E-state index in [2.05, 4.69) is 26.3 Å². The van der Waals surface area contributed by atoms with Crippen molar-refractivity contribution in [1.29, 1.82) is 5.26 Å². The number of anilines is 3. The molecular weight excluding hydrogens is 430 g/mol. The van der Waals surface area contributed by atoms with Crippen LogP contribution in [0.1, 0.15) is 24.3 Å². The molecule has 1 saturated heterocycles. The summed E-state index contributed by atoms with van der Waals surface area (Å²) in [5.41, 5.74) is 3.68. The van der Waals surface area contributed by atoms with Crippen molar-refractivity contribution in [1.82, 2.24) is 19.9 Å². The van der Waals surface area contributed by atoms with Crippen molar-refractivity contribution in [2.24, 2.45) is 5.41 Å². The summed E-state index contributed by atoms with van der Waals surface area (Å²) in [5, 5.41) is 13.6. The molecule has 1 fully saturated rings. The van der Waals surface area contributed by atoms with Gasteiger partial charge in [0.05, 0.1) is 24.3 Å². The molecule has 0 aliphatic carbocycles. The number of benzene rings is 1. The van der Waals surface area contributed by atoms with E-state index in [1.165, 1.54) is 0 Å². The van der Waals surface area contributed by atoms with Gasteiger partial charge in [0.25, 0.3) is 0 Å². The van der Waals surface area contributed by atoms with E-state index in [1.807, 2.05) is 52.0 Å². The number of hydrogen-bond acceptors (Lipinski definition) is 9. The highest BCUT2D eigenvalue weighted by Gasteiger charge is 2.40. The Morgan fingerprint density at radius 2 is 1.94 bits per heavy atom. The van der Waals surface area contributed by atoms with Crippen LogP contribution in [0.4, 0.5) is 17.5 Å². The Morgan fingerprint density at radius 1 is 1.15 bits per heavy atom. The number of aromatic nitrogens is 4. The SMILES string of the molecule is COc1cc(-c2nc(C)oc2C)ccc1Nc1ncc2cc(C)nc(N3CC(C)(C#N)C3)c2n1. The maximum absolute atomic E-state index is 9.39. The molecule has 1 aromatic carbocycles. The number of nitriles is 1. The van der Waals surface area contributed by atoms with Crippen molar-refractivity contribution in [2.45, 2.75) is 27.7 Å². The highest BCUT2D eigenvalue weighted by molar-refractivity contribution is 5.90. The Kier molecular flexibility index (Phi) is 5.09. The third kappa shape index (κ3) is 3.77. The second-order valence-corrected chi connectivity index (χ2v) is 8.92. The van der Waals surface area contributed by atoms with Crippen molar-refractivity contribution in [3.63, 3.8) is 0 Å². The van der Waals surface area contributed by atoms with Crippen molar-refractivity contribution < 1.29 is 9.15 Å². The van der Waals surface area contributed by atoms with Crippen LogP contribution < -0.4 is 15.0 Å². The molecule has 9 heteroatoms. The Balaban J connectivity index is 1.48. The molecule has 34 heavy (non-hydrogen) atoms. The van der Waals surface area contributed by atoms with Crippen molar-refractivity contribution >= 4 is 28.4 Å². The molecule has 3 aromatic heterocycles. The lowest BCUT2D eigenvalue weighted by Gasteiger charge is -2.44. The molecule has 0 radical (unpaired) electrons. The van der Waals surface area contributed by atoms with Crippen molar-refractivity contribution in [2.75, 3.05) is 30.4 Å². The first-order valence-corrected chi connectivity index (χ1v) is 11.0. The molecule has 0 amide bonds. The smallest absolute Gasteiger partial charge is 0.227 e. The zero-order valence-corrected chi connectivity index (χ0v) is 19.8. The summed E-state index contributed by atoms with van der Waals surface area (Å²) in [6.45, 7) is 8.87. The fourth-order valence-electron chi connectivity index (χ4n) is 4.31. The number of oxazole rings is 1. The third-order valence-corrected chi connectivity index (χ3v) is 5.95. The lowest BCUT2D eigenvalue weighted by Crippen LogP contribution is -2.54. The number of nitrogens with one attached hydrogen (secondary N) is 1. The molecular formula is C25H25N7O2. The first kappa shape index (κ1) is 21.6. The van der Waals surface area contributed by atoms with Crippen LogP contribution in [0.3, 0.4) is 0 Å². The lowest BCUT2D eigenvalue weighted by molar-refractivity contribution is 0.335. The average molecular weight is 456 g/mol. The van der Waals surface area contributed by atoms with Crippen LogP contribution in [-0.2, 0) is 0 Å². The normalized spacial score (nSPS) is 14.5. The second kappa shape index (κ2) is 7.99. The predicted octanol–water partition coefficient (Wildman–Crippen LogP) is 4.71. The van der Waals surface area contributed by atoms with Gasteiger partial charge in [-0.05, 0) is 39.0 Å². The van der Waals surface area contributed by atoms with Gasteiger partial charge in [0.1, 0.15) is 22.7 Å². The third-order valence-electron chi connectivity index (χ3n) is 5.95. The van der Waals surface area contributed by atoms with E-state index in [1.54, 1.807) is 13.3 Å². The first-order chi connectivity index (χ1) is 16.3. The highest BCUT2D eigenvalue weighted by atomic mass is 16.5. The molecule has 0 bridgehead atoms. The minimum absolute atomic E-state index is 0.359. The molecule has 5 rings (SSSR count). The van der Waals surface area contributed by atoms with Gasteiger partial charge >= 0.3 is 0 Å². The summed E-state index contributed by atoms with van der Waals surface area (Å²) in [6, 6.07) is 10.1. The van der Waals surface area contributed by atoms with Gasteiger partial charge < -0.3 is 19.4 Å². The number of rotatable bonds is 5. The van der Waals surface area contributed by atoms with Gasteiger partial charge in [-0.2, -0.15) is 5.26 Å². The highest BCUT2D eigenvalue weighted by Crippen LogP contribution is 2.37. The summed E-state index contributed by atoms with van der Waals surface area (Å²) < 4.78 is 11.2. The summed E-state index contributed by atoms with van der Waals surface area (Å²) in [4.78, 5) is 20.5. The molecule has 1 N–H and O–H groups in total. The summed E-state index contributed by atoms with van der Waals surface area (Å²) in [5.74, 6) is 3.22. The number of nitrogens with zero attached hydrogens (tertiary/aromatic N) is 6. The Bertz CT molecular complexity index is 1450. The van der Waals surface area contributed by atoms with Crippen LogP contribution in [0.15, 0.2) is 34.9 Å². The molecule has 0 spiro atoms. The first-order valence-electron chi connectivity index (χ1n) is 11.0. The molecule has 9 nitrogen and oxygen atoms in total. The number of methoxy groups -OCH3 is 1. The van der Waals surface area contributed by atoms with Gasteiger partial charge in [0.2, 0.25) is 5.95 Å². The Morgan fingerprint density at radius 3 is 2.62 bits per heavy atom. The second-order valence-electron chi connectivity index (χ2n) is 8.92. The van der Waals surface area contributed by atoms with Crippen LogP contribution >= 0.6 is 0 Å². The molecule has 0 atom stereocenters. The Hall–Kier alpha value is -4.19. The molecule has 0 unspecified atom stereocenters. The fourth-order valence-corrected chi connectivity index (χ4v) is 4.31. The topological polar surface area (TPSA) is 113 Å². The van der Waals surface area contributed by atoms with Crippen molar-refractivity contribution in [3.05, 3.63) is 47.8 Å². The van der Waals surface area contributed by atoms with E-state index in [0.29, 0.717) is 30.7 Å². The summed E-state index contributed by atoms with van der Waals surface area (Å²) >= 11 is 0. The van der Waals surface area contributed by atoms with E-state index in [-0.39, 0.29) is 5.41 Å². The van der Waals surface area contributed by atoms with Gasteiger partial charge in [-0.3, -0.25) is 0 Å². The van der Waals surface area contributed by atoms with E-state index < -0.39 is 0 Å². The van der Waals surface area contributed by atoms with E-state index in [0.717, 1.165) is 45.1 Å². The van der Waals surface area contributed by atoms with Crippen LogP contribution in [-0.4, -0.2) is 40.1 Å². The molecule has 1 aliphatic rings. The fraction of sp³-hybridized carbons (Fsp3) is 0.320. The molecule has 172 valence electrons. The van der Waals surface area contributed by atoms with Gasteiger partial charge in [-0.25, -0.2) is 19.9 Å². The van der Waals surface area contributed by atoms with E-state index in [4.69, 9.17) is 19.1 Å². The monoisotopic (exact) mass is 455 g/mol. The van der Waals surface area contributed by atoms with Gasteiger partial charge in [0.15, 0.2) is 11.7 Å². The maximum Gasteiger partial charge on any atom is 0.227 e. The zero-order valence-electron chi connectivity index (χ0n) is 19.8. The summed E-state index contributed by atoms with van der Waals surface area (Å²) in [7, 11) is 1.62. The molecule has 1 aliphatic heterocycles. The number of pyridine rings is 1. The number of ether oxygens (including phenoxy) is 1. The lowest BCUT2D eigenvalue weighted by atomic mass is 9.83. The number of fused-ring (bicyclic) bond motifs is 1. The summed E-state index contributed by atoms with van der Waals surface area (Å²) in [6.07, 6.45) is 1.79. The quantitative estimate of drug-likeness (QED) is 0.457. The zero-order chi connectivity index (χ0) is 24.0. The van der Waals surface area contributed by atoms with Crippen LogP contribution in [0, 0.1) is 37.5 Å². The molecule has 0 saturated carbocycles. The van der Waals surface area contributed by atoms with Gasteiger partial charge in [0, 0.05) is 42.9 Å². The Labute approximate surface area is 197 Å². The van der Waals surface area contributed by atoms with Gasteiger partial charge in [-0.15, -0.1) is 0 Å². The maximum atomic E-state index is 9.39. The average Bonchev–Trinajstić information content (AvgIpc) is 3.14. The molecule has 4 aromatic rings. The van der Waals surface area contributed by atoms with E-state index >= 15 is 0 Å². The van der Waals surface area contributed by atoms with Crippen LogP contribution in [0.2, 0.25) is 0 Å². The minimum atomic E-state index is -0.359. The van der Waals surface area contributed by atoms with Gasteiger partial charge in [-0.1, -0.05) is 6.07 Å². The largest absolute Gasteiger partial charge is 0.495 e.